The number of rotatable bonds is 1. The van der Waals surface area contributed by atoms with Crippen molar-refractivity contribution in [2.24, 2.45) is 5.41 Å². The van der Waals surface area contributed by atoms with Crippen molar-refractivity contribution in [3.63, 3.8) is 0 Å². The maximum Gasteiger partial charge on any atom is 0.335 e. The number of para-hydroxylation sites is 1. The van der Waals surface area contributed by atoms with E-state index in [9.17, 15) is 14.4 Å². The van der Waals surface area contributed by atoms with Crippen LogP contribution in [0.15, 0.2) is 42.5 Å². The highest BCUT2D eigenvalue weighted by molar-refractivity contribution is 6.39. The van der Waals surface area contributed by atoms with Crippen LogP contribution >= 0.6 is 23.2 Å². The van der Waals surface area contributed by atoms with Gasteiger partial charge in [0.1, 0.15) is 0 Å². The number of fused-ring (bicyclic) bond motifs is 4. The van der Waals surface area contributed by atoms with Gasteiger partial charge in [-0.1, -0.05) is 41.4 Å². The van der Waals surface area contributed by atoms with Crippen LogP contribution in [0.3, 0.4) is 0 Å². The number of amides is 4. The predicted octanol–water partition coefficient (Wildman–Crippen LogP) is 3.02. The number of benzene rings is 2. The van der Waals surface area contributed by atoms with Gasteiger partial charge in [-0.25, -0.2) is 9.69 Å². The molecule has 3 aliphatic heterocycles. The first-order valence-electron chi connectivity index (χ1n) is 9.51. The molecule has 1 spiro atoms. The Balaban J connectivity index is 1.68. The molecule has 0 aromatic heterocycles. The minimum absolute atomic E-state index is 0.140. The van der Waals surface area contributed by atoms with Crippen molar-refractivity contribution < 1.29 is 19.1 Å². The van der Waals surface area contributed by atoms with Gasteiger partial charge >= 0.3 is 6.03 Å². The Morgan fingerprint density at radius 2 is 1.87 bits per heavy atom. The summed E-state index contributed by atoms with van der Waals surface area (Å²) < 4.78 is 5.66. The van der Waals surface area contributed by atoms with E-state index in [0.29, 0.717) is 18.2 Å². The zero-order chi connectivity index (χ0) is 21.0. The largest absolute Gasteiger partial charge is 0.377 e. The van der Waals surface area contributed by atoms with E-state index in [1.54, 1.807) is 6.07 Å². The highest BCUT2D eigenvalue weighted by atomic mass is 35.5. The maximum absolute atomic E-state index is 13.9. The number of hydrogen-bond acceptors (Lipinski definition) is 5. The molecule has 7 nitrogen and oxygen atoms in total. The number of barbiturate groups is 1. The summed E-state index contributed by atoms with van der Waals surface area (Å²) >= 11 is 12.4. The van der Waals surface area contributed by atoms with Crippen LogP contribution in [0.5, 0.6) is 0 Å². The summed E-state index contributed by atoms with van der Waals surface area (Å²) in [6.45, 7) is 1.22. The van der Waals surface area contributed by atoms with Gasteiger partial charge < -0.3 is 9.64 Å². The average molecular weight is 446 g/mol. The van der Waals surface area contributed by atoms with Crippen LogP contribution < -0.4 is 15.1 Å². The second-order valence-corrected chi connectivity index (χ2v) is 8.40. The molecule has 9 heteroatoms. The third-order valence-corrected chi connectivity index (χ3v) is 6.58. The lowest BCUT2D eigenvalue weighted by atomic mass is 9.68. The van der Waals surface area contributed by atoms with E-state index in [0.717, 1.165) is 16.2 Å². The Morgan fingerprint density at radius 3 is 2.70 bits per heavy atom. The predicted molar refractivity (Wildman–Crippen MR) is 112 cm³/mol. The molecule has 5 rings (SSSR count). The number of anilines is 2. The molecule has 154 valence electrons. The maximum atomic E-state index is 13.9. The molecule has 0 aliphatic carbocycles. The zero-order valence-corrected chi connectivity index (χ0v) is 17.2. The molecule has 30 heavy (non-hydrogen) atoms. The lowest BCUT2D eigenvalue weighted by molar-refractivity contribution is -0.146. The van der Waals surface area contributed by atoms with Gasteiger partial charge in [-0.3, -0.25) is 14.9 Å². The van der Waals surface area contributed by atoms with Gasteiger partial charge in [0.15, 0.2) is 5.41 Å². The van der Waals surface area contributed by atoms with Crippen molar-refractivity contribution in [3.05, 3.63) is 58.1 Å². The number of nitrogens with zero attached hydrogens (tertiary/aromatic N) is 2. The van der Waals surface area contributed by atoms with E-state index < -0.39 is 29.3 Å². The number of morpholine rings is 1. The third kappa shape index (κ3) is 2.66. The van der Waals surface area contributed by atoms with Crippen molar-refractivity contribution in [1.29, 1.82) is 0 Å². The fourth-order valence-corrected chi connectivity index (χ4v) is 5.01. The van der Waals surface area contributed by atoms with Crippen LogP contribution in [0.2, 0.25) is 10.0 Å². The van der Waals surface area contributed by atoms with Crippen molar-refractivity contribution in [2.75, 3.05) is 29.6 Å². The second kappa shape index (κ2) is 6.97. The molecular formula is C21H17Cl2N3O4. The molecule has 0 unspecified atom stereocenters. The third-order valence-electron chi connectivity index (χ3n) is 6.03. The summed E-state index contributed by atoms with van der Waals surface area (Å²) in [4.78, 5) is 42.9. The van der Waals surface area contributed by atoms with Crippen LogP contribution in [-0.2, 0) is 20.7 Å². The smallest absolute Gasteiger partial charge is 0.335 e. The van der Waals surface area contributed by atoms with E-state index in [-0.39, 0.29) is 23.7 Å². The number of ether oxygens (including phenoxy) is 1. The molecule has 0 bridgehead atoms. The van der Waals surface area contributed by atoms with Crippen molar-refractivity contribution in [3.8, 4) is 0 Å². The first-order chi connectivity index (χ1) is 14.4. The molecule has 0 radical (unpaired) electrons. The van der Waals surface area contributed by atoms with Crippen LogP contribution in [0.4, 0.5) is 16.2 Å². The number of carbonyl (C=O) groups excluding carboxylic acids is 3. The molecule has 4 amide bonds. The fourth-order valence-electron chi connectivity index (χ4n) is 4.64. The number of imide groups is 2. The van der Waals surface area contributed by atoms with Crippen LogP contribution in [0, 0.1) is 5.41 Å². The molecule has 2 aromatic carbocycles. The molecule has 2 saturated heterocycles. The first kappa shape index (κ1) is 19.4. The fraction of sp³-hybridized carbons (Fsp3) is 0.286. The molecule has 2 fully saturated rings. The van der Waals surface area contributed by atoms with Crippen LogP contribution in [0.25, 0.3) is 0 Å². The Morgan fingerprint density at radius 1 is 1.07 bits per heavy atom. The van der Waals surface area contributed by atoms with Gasteiger partial charge in [0.2, 0.25) is 5.91 Å². The van der Waals surface area contributed by atoms with E-state index in [4.69, 9.17) is 27.9 Å². The highest BCUT2D eigenvalue weighted by Gasteiger charge is 2.63. The first-order valence-corrected chi connectivity index (χ1v) is 10.3. The lowest BCUT2D eigenvalue weighted by Gasteiger charge is -2.53. The summed E-state index contributed by atoms with van der Waals surface area (Å²) in [7, 11) is 0. The van der Waals surface area contributed by atoms with E-state index in [2.05, 4.69) is 5.32 Å². The van der Waals surface area contributed by atoms with Crippen molar-refractivity contribution in [2.45, 2.75) is 12.5 Å². The Bertz CT molecular complexity index is 1090. The molecule has 3 aliphatic rings. The summed E-state index contributed by atoms with van der Waals surface area (Å²) in [6.07, 6.45) is 0.153. The number of urea groups is 1. The zero-order valence-electron chi connectivity index (χ0n) is 15.7. The monoisotopic (exact) mass is 445 g/mol. The van der Waals surface area contributed by atoms with Crippen molar-refractivity contribution >= 4 is 52.4 Å². The number of carbonyl (C=O) groups is 3. The molecule has 1 N–H and O–H groups in total. The van der Waals surface area contributed by atoms with Gasteiger partial charge in [-0.2, -0.15) is 0 Å². The summed E-state index contributed by atoms with van der Waals surface area (Å²) in [5, 5.41) is 2.87. The molecule has 2 atom stereocenters. The summed E-state index contributed by atoms with van der Waals surface area (Å²) in [5.41, 5.74) is 0.446. The Labute approximate surface area is 182 Å². The standard InChI is InChI=1S/C21H17Cl2N3O4/c22-13-5-6-14(23)16(9-13)26-19(28)21(18(27)24-20(26)29)10-12-3-1-2-4-15(12)25-7-8-30-11-17(21)25/h1-6,9,17H,7-8,10-11H2,(H,24,27,29)/t17-,21+/m0/s1. The van der Waals surface area contributed by atoms with Gasteiger partial charge in [-0.15, -0.1) is 0 Å². The summed E-state index contributed by atoms with van der Waals surface area (Å²) in [6, 6.07) is 10.8. The van der Waals surface area contributed by atoms with Gasteiger partial charge in [0.25, 0.3) is 5.91 Å². The molecule has 3 heterocycles. The second-order valence-electron chi connectivity index (χ2n) is 7.56. The molecule has 0 saturated carbocycles. The quantitative estimate of drug-likeness (QED) is 0.682. The van der Waals surface area contributed by atoms with Gasteiger partial charge in [-0.05, 0) is 36.2 Å². The minimum Gasteiger partial charge on any atom is -0.377 e. The SMILES string of the molecule is O=C1NC(=O)[C@]2(Cc3ccccc3N3CCOC[C@H]32)C(=O)N1c1cc(Cl)ccc1Cl. The van der Waals surface area contributed by atoms with Crippen LogP contribution in [0.1, 0.15) is 5.56 Å². The molecule has 2 aromatic rings. The lowest BCUT2D eigenvalue weighted by Crippen LogP contribution is -2.74. The van der Waals surface area contributed by atoms with E-state index in [1.807, 2.05) is 29.2 Å². The van der Waals surface area contributed by atoms with E-state index in [1.165, 1.54) is 12.1 Å². The number of hydrogen-bond donors (Lipinski definition) is 1. The topological polar surface area (TPSA) is 79.0 Å². The normalized spacial score (nSPS) is 25.8. The number of halogens is 2. The molecular weight excluding hydrogens is 429 g/mol. The van der Waals surface area contributed by atoms with Gasteiger partial charge in [0.05, 0.1) is 30.0 Å². The van der Waals surface area contributed by atoms with E-state index >= 15 is 0 Å². The highest BCUT2D eigenvalue weighted by Crippen LogP contribution is 2.46. The minimum atomic E-state index is -1.53. The van der Waals surface area contributed by atoms with Crippen LogP contribution in [-0.4, -0.2) is 43.6 Å². The van der Waals surface area contributed by atoms with Gasteiger partial charge in [0, 0.05) is 17.3 Å². The average Bonchev–Trinajstić information content (AvgIpc) is 2.74. The Kier molecular flexibility index (Phi) is 4.50. The Hall–Kier alpha value is -2.61. The summed E-state index contributed by atoms with van der Waals surface area (Å²) in [5.74, 6) is -1.25. The van der Waals surface area contributed by atoms with Crippen molar-refractivity contribution in [1.82, 2.24) is 5.32 Å². The number of nitrogens with one attached hydrogen (secondary N) is 1.